The molecule has 1 fully saturated rings. The van der Waals surface area contributed by atoms with Gasteiger partial charge in [0.05, 0.1) is 19.4 Å². The number of benzene rings is 1. The van der Waals surface area contributed by atoms with Gasteiger partial charge < -0.3 is 19.5 Å². The number of nitrogens with zero attached hydrogens (tertiary/aromatic N) is 3. The molecule has 0 radical (unpaired) electrons. The molecule has 1 N–H and O–H groups in total. The van der Waals surface area contributed by atoms with Gasteiger partial charge in [-0.05, 0) is 36.8 Å². The Morgan fingerprint density at radius 3 is 2.68 bits per heavy atom. The zero-order valence-corrected chi connectivity index (χ0v) is 14.3. The monoisotopic (exact) mass is 343 g/mol. The van der Waals surface area contributed by atoms with E-state index >= 15 is 0 Å². The van der Waals surface area contributed by atoms with Crippen LogP contribution in [-0.2, 0) is 9.53 Å². The fraction of sp³-hybridized carbons (Fsp3) is 0.389. The second-order valence-electron chi connectivity index (χ2n) is 6.16. The zero-order valence-electron chi connectivity index (χ0n) is 14.3. The molecule has 2 aromatic rings. The highest BCUT2D eigenvalue weighted by atomic mass is 16.5. The zero-order chi connectivity index (χ0) is 17.9. The Morgan fingerprint density at radius 2 is 2.04 bits per heavy atom. The van der Waals surface area contributed by atoms with Crippen molar-refractivity contribution in [2.24, 2.45) is 5.41 Å². The number of rotatable bonds is 6. The molecule has 1 aliphatic heterocycles. The highest BCUT2D eigenvalue weighted by Gasteiger charge is 2.45. The molecule has 1 aromatic heterocycles. The molecule has 1 aliphatic rings. The summed E-state index contributed by atoms with van der Waals surface area (Å²) in [6, 6.07) is 9.45. The first-order valence-electron chi connectivity index (χ1n) is 8.03. The number of carboxylic acids is 1. The molecule has 0 spiro atoms. The summed E-state index contributed by atoms with van der Waals surface area (Å²) in [4.78, 5) is 22.5. The minimum absolute atomic E-state index is 0.178. The molecule has 0 bridgehead atoms. The van der Waals surface area contributed by atoms with Crippen molar-refractivity contribution in [3.8, 4) is 17.0 Å². The summed E-state index contributed by atoms with van der Waals surface area (Å²) in [6.45, 7) is 1.10. The van der Waals surface area contributed by atoms with Crippen LogP contribution >= 0.6 is 0 Å². The van der Waals surface area contributed by atoms with Gasteiger partial charge in [-0.1, -0.05) is 0 Å². The molecule has 1 unspecified atom stereocenters. The van der Waals surface area contributed by atoms with E-state index in [4.69, 9.17) is 9.47 Å². The summed E-state index contributed by atoms with van der Waals surface area (Å²) >= 11 is 0. The lowest BCUT2D eigenvalue weighted by molar-refractivity contribution is -0.150. The minimum atomic E-state index is -0.909. The van der Waals surface area contributed by atoms with Crippen molar-refractivity contribution in [3.05, 3.63) is 36.5 Å². The second-order valence-corrected chi connectivity index (χ2v) is 6.16. The van der Waals surface area contributed by atoms with Crippen molar-refractivity contribution in [2.75, 3.05) is 38.8 Å². The Hall–Kier alpha value is -2.67. The van der Waals surface area contributed by atoms with Gasteiger partial charge in [-0.25, -0.2) is 9.97 Å². The molecule has 25 heavy (non-hydrogen) atoms. The molecule has 0 saturated carbocycles. The van der Waals surface area contributed by atoms with E-state index in [1.807, 2.05) is 35.2 Å². The molecule has 132 valence electrons. The maximum Gasteiger partial charge on any atom is 0.313 e. The number of anilines is 1. The molecular formula is C18H21N3O4. The molecule has 0 aliphatic carbocycles. The quantitative estimate of drug-likeness (QED) is 0.859. The van der Waals surface area contributed by atoms with Crippen LogP contribution < -0.4 is 9.64 Å². The first-order chi connectivity index (χ1) is 12.1. The highest BCUT2D eigenvalue weighted by Crippen LogP contribution is 2.33. The van der Waals surface area contributed by atoms with Crippen molar-refractivity contribution >= 4 is 11.9 Å². The number of methoxy groups -OCH3 is 2. The average molecular weight is 343 g/mol. The van der Waals surface area contributed by atoms with E-state index in [2.05, 4.69) is 9.97 Å². The van der Waals surface area contributed by atoms with Gasteiger partial charge in [0.15, 0.2) is 0 Å². The Kier molecular flexibility index (Phi) is 4.85. The number of aliphatic carboxylic acids is 1. The van der Waals surface area contributed by atoms with Gasteiger partial charge in [-0.15, -0.1) is 0 Å². The van der Waals surface area contributed by atoms with Crippen molar-refractivity contribution in [3.63, 3.8) is 0 Å². The van der Waals surface area contributed by atoms with E-state index < -0.39 is 11.4 Å². The standard InChI is InChI=1S/C18H21N3O4/c1-24-12-18(16(22)23)8-10-21(11-18)17-19-9-7-15(20-17)13-3-5-14(25-2)6-4-13/h3-7,9H,8,10-12H2,1-2H3,(H,22,23). The van der Waals surface area contributed by atoms with Crippen LogP contribution in [0.4, 0.5) is 5.95 Å². The van der Waals surface area contributed by atoms with Gasteiger partial charge >= 0.3 is 5.97 Å². The van der Waals surface area contributed by atoms with Crippen molar-refractivity contribution in [1.29, 1.82) is 0 Å². The predicted molar refractivity (Wildman–Crippen MR) is 92.8 cm³/mol. The summed E-state index contributed by atoms with van der Waals surface area (Å²) in [5.41, 5.74) is 0.825. The van der Waals surface area contributed by atoms with Gasteiger partial charge in [0.1, 0.15) is 11.2 Å². The normalized spacial score (nSPS) is 19.8. The van der Waals surface area contributed by atoms with Crippen LogP contribution in [0.1, 0.15) is 6.42 Å². The molecule has 1 saturated heterocycles. The summed E-state index contributed by atoms with van der Waals surface area (Å²) < 4.78 is 10.3. The van der Waals surface area contributed by atoms with Gasteiger partial charge in [0, 0.05) is 32.0 Å². The van der Waals surface area contributed by atoms with E-state index in [-0.39, 0.29) is 6.61 Å². The van der Waals surface area contributed by atoms with Crippen LogP contribution in [0.5, 0.6) is 5.75 Å². The van der Waals surface area contributed by atoms with Crippen molar-refractivity contribution in [1.82, 2.24) is 9.97 Å². The van der Waals surface area contributed by atoms with Gasteiger partial charge in [-0.2, -0.15) is 0 Å². The number of hydrogen-bond acceptors (Lipinski definition) is 6. The van der Waals surface area contributed by atoms with Crippen LogP contribution in [0.25, 0.3) is 11.3 Å². The molecule has 7 nitrogen and oxygen atoms in total. The number of carbonyl (C=O) groups is 1. The van der Waals surface area contributed by atoms with E-state index in [0.29, 0.717) is 25.5 Å². The third kappa shape index (κ3) is 3.41. The highest BCUT2D eigenvalue weighted by molar-refractivity contribution is 5.77. The first kappa shape index (κ1) is 17.2. The third-order valence-electron chi connectivity index (χ3n) is 4.54. The largest absolute Gasteiger partial charge is 0.497 e. The number of ether oxygens (including phenoxy) is 2. The number of carboxylic acid groups (broad SMARTS) is 1. The molecule has 3 rings (SSSR count). The average Bonchev–Trinajstić information content (AvgIpc) is 3.08. The summed E-state index contributed by atoms with van der Waals surface area (Å²) in [6.07, 6.45) is 2.20. The third-order valence-corrected chi connectivity index (χ3v) is 4.54. The summed E-state index contributed by atoms with van der Waals surface area (Å²) in [5.74, 6) is 0.471. The lowest BCUT2D eigenvalue weighted by Gasteiger charge is -2.23. The Bertz CT molecular complexity index is 750. The van der Waals surface area contributed by atoms with Crippen LogP contribution in [0.3, 0.4) is 0 Å². The van der Waals surface area contributed by atoms with E-state index in [0.717, 1.165) is 17.0 Å². The fourth-order valence-electron chi connectivity index (χ4n) is 3.10. The van der Waals surface area contributed by atoms with E-state index in [9.17, 15) is 9.90 Å². The predicted octanol–water partition coefficient (Wildman–Crippen LogP) is 2.08. The van der Waals surface area contributed by atoms with Crippen LogP contribution in [0.2, 0.25) is 0 Å². The number of hydrogen-bond donors (Lipinski definition) is 1. The van der Waals surface area contributed by atoms with E-state index in [1.54, 1.807) is 13.3 Å². The Labute approximate surface area is 146 Å². The maximum atomic E-state index is 11.7. The van der Waals surface area contributed by atoms with E-state index in [1.165, 1.54) is 7.11 Å². The second kappa shape index (κ2) is 7.06. The molecular weight excluding hydrogens is 322 g/mol. The SMILES string of the molecule is COCC1(C(=O)O)CCN(c2nccc(-c3ccc(OC)cc3)n2)C1. The summed E-state index contributed by atoms with van der Waals surface area (Å²) in [5, 5.41) is 9.58. The molecule has 0 amide bonds. The van der Waals surface area contributed by atoms with Crippen molar-refractivity contribution in [2.45, 2.75) is 6.42 Å². The smallest absolute Gasteiger partial charge is 0.313 e. The first-order valence-corrected chi connectivity index (χ1v) is 8.03. The van der Waals surface area contributed by atoms with Gasteiger partial charge in [0.2, 0.25) is 5.95 Å². The molecule has 7 heteroatoms. The van der Waals surface area contributed by atoms with Crippen LogP contribution in [-0.4, -0.2) is 55.0 Å². The van der Waals surface area contributed by atoms with Crippen LogP contribution in [0, 0.1) is 5.41 Å². The lowest BCUT2D eigenvalue weighted by atomic mass is 9.88. The fourth-order valence-corrected chi connectivity index (χ4v) is 3.10. The van der Waals surface area contributed by atoms with Gasteiger partial charge in [-0.3, -0.25) is 4.79 Å². The van der Waals surface area contributed by atoms with Crippen LogP contribution in [0.15, 0.2) is 36.5 Å². The minimum Gasteiger partial charge on any atom is -0.497 e. The van der Waals surface area contributed by atoms with Crippen molar-refractivity contribution < 1.29 is 19.4 Å². The number of aromatic nitrogens is 2. The molecule has 1 aromatic carbocycles. The molecule has 1 atom stereocenters. The molecule has 2 heterocycles. The summed E-state index contributed by atoms with van der Waals surface area (Å²) in [7, 11) is 3.15. The topological polar surface area (TPSA) is 84.8 Å². The lowest BCUT2D eigenvalue weighted by Crippen LogP contribution is -2.39. The van der Waals surface area contributed by atoms with Gasteiger partial charge in [0.25, 0.3) is 0 Å². The Morgan fingerprint density at radius 1 is 1.28 bits per heavy atom. The Balaban J connectivity index is 1.83. The maximum absolute atomic E-state index is 11.7.